The Morgan fingerprint density at radius 1 is 1.19 bits per heavy atom. The summed E-state index contributed by atoms with van der Waals surface area (Å²) in [5, 5.41) is 9.40. The number of aliphatic carboxylic acids is 1. The summed E-state index contributed by atoms with van der Waals surface area (Å²) < 4.78 is 28.2. The molecule has 2 unspecified atom stereocenters. The third-order valence-electron chi connectivity index (χ3n) is 4.89. The fourth-order valence-electron chi connectivity index (χ4n) is 3.25. The first kappa shape index (κ1) is 16.7. The van der Waals surface area contributed by atoms with Gasteiger partial charge in [-0.1, -0.05) is 20.3 Å². The van der Waals surface area contributed by atoms with Gasteiger partial charge in [0.05, 0.1) is 0 Å². The Hall–Kier alpha value is -0.660. The van der Waals surface area contributed by atoms with Crippen LogP contribution in [0.25, 0.3) is 0 Å². The van der Waals surface area contributed by atoms with Crippen molar-refractivity contribution in [2.24, 2.45) is 11.8 Å². The van der Waals surface area contributed by atoms with Crippen molar-refractivity contribution in [3.63, 3.8) is 0 Å². The molecule has 2 atom stereocenters. The Balaban J connectivity index is 2.15. The highest BCUT2D eigenvalue weighted by Gasteiger charge is 2.42. The molecular formula is C14H26N2O4S. The van der Waals surface area contributed by atoms with Gasteiger partial charge in [-0.15, -0.1) is 0 Å². The number of piperidine rings is 2. The van der Waals surface area contributed by atoms with Crippen LogP contribution in [0, 0.1) is 11.8 Å². The quantitative estimate of drug-likeness (QED) is 0.853. The van der Waals surface area contributed by atoms with E-state index in [0.717, 1.165) is 25.7 Å². The molecule has 0 saturated carbocycles. The number of hydrogen-bond donors (Lipinski definition) is 1. The molecule has 0 radical (unpaired) electrons. The second-order valence-corrected chi connectivity index (χ2v) is 8.23. The van der Waals surface area contributed by atoms with Crippen LogP contribution in [-0.4, -0.2) is 53.8 Å². The number of carboxylic acid groups (broad SMARTS) is 1. The van der Waals surface area contributed by atoms with Gasteiger partial charge in [-0.3, -0.25) is 4.79 Å². The van der Waals surface area contributed by atoms with Crippen molar-refractivity contribution in [2.45, 2.75) is 52.0 Å². The van der Waals surface area contributed by atoms with E-state index >= 15 is 0 Å². The van der Waals surface area contributed by atoms with Gasteiger partial charge in [-0.25, -0.2) is 0 Å². The zero-order chi connectivity index (χ0) is 15.6. The first-order valence-electron chi connectivity index (χ1n) is 7.86. The van der Waals surface area contributed by atoms with Gasteiger partial charge < -0.3 is 5.11 Å². The first-order chi connectivity index (χ1) is 9.86. The van der Waals surface area contributed by atoms with E-state index in [1.807, 2.05) is 6.92 Å². The van der Waals surface area contributed by atoms with Crippen molar-refractivity contribution in [3.05, 3.63) is 0 Å². The molecule has 0 aromatic rings. The van der Waals surface area contributed by atoms with Crippen LogP contribution >= 0.6 is 0 Å². The lowest BCUT2D eigenvalue weighted by Gasteiger charge is -2.40. The molecule has 2 fully saturated rings. The third-order valence-corrected chi connectivity index (χ3v) is 6.94. The van der Waals surface area contributed by atoms with Crippen LogP contribution < -0.4 is 0 Å². The van der Waals surface area contributed by atoms with Crippen molar-refractivity contribution < 1.29 is 18.3 Å². The van der Waals surface area contributed by atoms with Gasteiger partial charge in [-0.2, -0.15) is 17.0 Å². The van der Waals surface area contributed by atoms with Crippen LogP contribution in [0.15, 0.2) is 0 Å². The number of hydrogen-bond acceptors (Lipinski definition) is 3. The first-order valence-corrected chi connectivity index (χ1v) is 9.25. The number of rotatable bonds is 4. The molecule has 0 amide bonds. The van der Waals surface area contributed by atoms with Gasteiger partial charge in [0, 0.05) is 19.6 Å². The monoisotopic (exact) mass is 318 g/mol. The predicted octanol–water partition coefficient (Wildman–Crippen LogP) is 1.54. The van der Waals surface area contributed by atoms with Crippen molar-refractivity contribution in [2.75, 3.05) is 19.6 Å². The van der Waals surface area contributed by atoms with Crippen LogP contribution in [0.3, 0.4) is 0 Å². The largest absolute Gasteiger partial charge is 0.480 e. The fraction of sp³-hybridized carbons (Fsp3) is 0.929. The molecule has 7 heteroatoms. The molecule has 2 heterocycles. The van der Waals surface area contributed by atoms with E-state index in [1.54, 1.807) is 0 Å². The van der Waals surface area contributed by atoms with Crippen LogP contribution in [-0.2, 0) is 15.0 Å². The second kappa shape index (κ2) is 6.62. The van der Waals surface area contributed by atoms with Gasteiger partial charge in [-0.05, 0) is 37.5 Å². The van der Waals surface area contributed by atoms with Gasteiger partial charge >= 0.3 is 5.97 Å². The molecule has 0 bridgehead atoms. The zero-order valence-electron chi connectivity index (χ0n) is 12.9. The summed E-state index contributed by atoms with van der Waals surface area (Å²) in [5.41, 5.74) is 0. The van der Waals surface area contributed by atoms with Crippen LogP contribution in [0.4, 0.5) is 0 Å². The lowest BCUT2D eigenvalue weighted by Crippen LogP contribution is -2.55. The van der Waals surface area contributed by atoms with E-state index in [2.05, 4.69) is 6.92 Å². The molecule has 21 heavy (non-hydrogen) atoms. The van der Waals surface area contributed by atoms with E-state index in [4.69, 9.17) is 0 Å². The molecule has 0 aliphatic carbocycles. The summed E-state index contributed by atoms with van der Waals surface area (Å²) in [6.07, 6.45) is 3.78. The Kier molecular flexibility index (Phi) is 5.27. The molecule has 2 rings (SSSR count). The molecule has 0 aromatic heterocycles. The van der Waals surface area contributed by atoms with E-state index < -0.39 is 22.2 Å². The highest BCUT2D eigenvalue weighted by atomic mass is 32.2. The van der Waals surface area contributed by atoms with E-state index in [9.17, 15) is 18.3 Å². The maximum atomic E-state index is 12.7. The Labute approximate surface area is 127 Å². The minimum atomic E-state index is -3.65. The Morgan fingerprint density at radius 2 is 1.81 bits per heavy atom. The highest BCUT2D eigenvalue weighted by Crippen LogP contribution is 2.30. The van der Waals surface area contributed by atoms with Crippen LogP contribution in [0.2, 0.25) is 0 Å². The minimum Gasteiger partial charge on any atom is -0.480 e. The highest BCUT2D eigenvalue weighted by molar-refractivity contribution is 7.86. The Morgan fingerprint density at radius 3 is 2.33 bits per heavy atom. The average molecular weight is 318 g/mol. The lowest BCUT2D eigenvalue weighted by atomic mass is 9.90. The summed E-state index contributed by atoms with van der Waals surface area (Å²) in [6, 6.07) is -0.909. The topological polar surface area (TPSA) is 77.9 Å². The molecule has 2 saturated heterocycles. The zero-order valence-corrected chi connectivity index (χ0v) is 13.7. The van der Waals surface area contributed by atoms with E-state index in [1.165, 1.54) is 8.61 Å². The number of carboxylic acids is 1. The summed E-state index contributed by atoms with van der Waals surface area (Å²) >= 11 is 0. The van der Waals surface area contributed by atoms with Crippen molar-refractivity contribution in [1.29, 1.82) is 0 Å². The number of nitrogens with zero attached hydrogens (tertiary/aromatic N) is 2. The smallest absolute Gasteiger partial charge is 0.322 e. The normalized spacial score (nSPS) is 30.4. The molecule has 0 spiro atoms. The summed E-state index contributed by atoms with van der Waals surface area (Å²) in [4.78, 5) is 11.5. The molecule has 0 aromatic carbocycles. The van der Waals surface area contributed by atoms with E-state index in [0.29, 0.717) is 37.9 Å². The lowest BCUT2D eigenvalue weighted by molar-refractivity contribution is -0.143. The summed E-state index contributed by atoms with van der Waals surface area (Å²) in [7, 11) is -3.65. The van der Waals surface area contributed by atoms with E-state index in [-0.39, 0.29) is 0 Å². The standard InChI is InChI=1S/C14H26N2O4S/c1-3-12-6-9-16(13(10-12)14(17)18)21(19,20)15-7-4-11(2)5-8-15/h11-13H,3-10H2,1-2H3,(H,17,18). The van der Waals surface area contributed by atoms with Crippen molar-refractivity contribution >= 4 is 16.2 Å². The Bertz CT molecular complexity index is 471. The van der Waals surface area contributed by atoms with Gasteiger partial charge in [0.1, 0.15) is 6.04 Å². The minimum absolute atomic E-state index is 0.305. The third kappa shape index (κ3) is 3.57. The molecule has 2 aliphatic rings. The molecule has 1 N–H and O–H groups in total. The van der Waals surface area contributed by atoms with Crippen molar-refractivity contribution in [3.8, 4) is 0 Å². The molecule has 2 aliphatic heterocycles. The summed E-state index contributed by atoms with van der Waals surface area (Å²) in [6.45, 7) is 5.48. The average Bonchev–Trinajstić information content (AvgIpc) is 2.47. The maximum absolute atomic E-state index is 12.7. The molecule has 6 nitrogen and oxygen atoms in total. The maximum Gasteiger partial charge on any atom is 0.322 e. The van der Waals surface area contributed by atoms with Gasteiger partial charge in [0.15, 0.2) is 0 Å². The summed E-state index contributed by atoms with van der Waals surface area (Å²) in [5.74, 6) is -0.182. The van der Waals surface area contributed by atoms with Gasteiger partial charge in [0.25, 0.3) is 10.2 Å². The second-order valence-electron chi connectivity index (χ2n) is 6.35. The predicted molar refractivity (Wildman–Crippen MR) is 80.0 cm³/mol. The van der Waals surface area contributed by atoms with Crippen molar-refractivity contribution in [1.82, 2.24) is 8.61 Å². The SMILES string of the molecule is CCC1CCN(S(=O)(=O)N2CCC(C)CC2)C(C(=O)O)C1. The van der Waals surface area contributed by atoms with Gasteiger partial charge in [0.2, 0.25) is 0 Å². The fourth-order valence-corrected chi connectivity index (χ4v) is 5.05. The molecule has 122 valence electrons. The van der Waals surface area contributed by atoms with Crippen LogP contribution in [0.1, 0.15) is 46.0 Å². The van der Waals surface area contributed by atoms with Crippen LogP contribution in [0.5, 0.6) is 0 Å². The molecular weight excluding hydrogens is 292 g/mol. The number of carbonyl (C=O) groups is 1.